The minimum Gasteiger partial charge on any atom is -0.464 e. The molecule has 1 atom stereocenters. The van der Waals surface area contributed by atoms with Crippen LogP contribution in [0.1, 0.15) is 43.2 Å². The van der Waals surface area contributed by atoms with Crippen molar-refractivity contribution >= 4 is 6.03 Å². The van der Waals surface area contributed by atoms with Crippen molar-refractivity contribution in [1.29, 1.82) is 0 Å². The maximum atomic E-state index is 12.6. The molecule has 3 heterocycles. The summed E-state index contributed by atoms with van der Waals surface area (Å²) >= 11 is 0. The Morgan fingerprint density at radius 2 is 2.00 bits per heavy atom. The quantitative estimate of drug-likeness (QED) is 0.888. The summed E-state index contributed by atoms with van der Waals surface area (Å²) < 4.78 is 5.74. The number of carbonyl (C=O) groups is 1. The van der Waals surface area contributed by atoms with Gasteiger partial charge in [0.1, 0.15) is 11.5 Å². The highest BCUT2D eigenvalue weighted by molar-refractivity contribution is 5.75. The van der Waals surface area contributed by atoms with E-state index in [1.54, 1.807) is 0 Å². The van der Waals surface area contributed by atoms with Gasteiger partial charge in [0.25, 0.3) is 0 Å². The molecule has 1 unspecified atom stereocenters. The lowest BCUT2D eigenvalue weighted by molar-refractivity contribution is 0.143. The molecule has 1 aromatic heterocycles. The van der Waals surface area contributed by atoms with Crippen LogP contribution in [0.4, 0.5) is 4.79 Å². The Hall–Kier alpha value is -1.53. The van der Waals surface area contributed by atoms with Gasteiger partial charge in [0.15, 0.2) is 0 Å². The highest BCUT2D eigenvalue weighted by Crippen LogP contribution is 2.32. The second kappa shape index (κ2) is 8.23. The normalized spacial score (nSPS) is 22.7. The molecule has 2 saturated heterocycles. The largest absolute Gasteiger partial charge is 0.464 e. The first-order chi connectivity index (χ1) is 12.0. The third-order valence-corrected chi connectivity index (χ3v) is 5.59. The van der Waals surface area contributed by atoms with Crippen molar-refractivity contribution in [2.45, 2.75) is 44.7 Å². The van der Waals surface area contributed by atoms with Crippen molar-refractivity contribution in [2.75, 3.05) is 46.8 Å². The van der Waals surface area contributed by atoms with E-state index in [9.17, 15) is 4.79 Å². The van der Waals surface area contributed by atoms with Gasteiger partial charge < -0.3 is 24.4 Å². The number of hydrogen-bond donors (Lipinski definition) is 1. The molecule has 0 spiro atoms. The van der Waals surface area contributed by atoms with Crippen molar-refractivity contribution in [3.05, 3.63) is 23.7 Å². The smallest absolute Gasteiger partial charge is 0.318 e. The fourth-order valence-corrected chi connectivity index (χ4v) is 4.02. The third kappa shape index (κ3) is 4.55. The number of nitrogens with zero attached hydrogens (tertiary/aromatic N) is 3. The molecule has 2 fully saturated rings. The second-order valence-electron chi connectivity index (χ2n) is 7.57. The molecule has 0 radical (unpaired) electrons. The molecular weight excluding hydrogens is 316 g/mol. The summed E-state index contributed by atoms with van der Waals surface area (Å²) in [5.74, 6) is 1.82. The highest BCUT2D eigenvalue weighted by Gasteiger charge is 2.32. The number of likely N-dealkylation sites (tertiary alicyclic amines) is 2. The molecule has 2 aliphatic rings. The Labute approximate surface area is 151 Å². The van der Waals surface area contributed by atoms with Crippen LogP contribution in [-0.2, 0) is 0 Å². The molecule has 0 saturated carbocycles. The average molecular weight is 348 g/mol. The zero-order chi connectivity index (χ0) is 17.8. The minimum absolute atomic E-state index is 0.0414. The number of piperidine rings is 1. The summed E-state index contributed by atoms with van der Waals surface area (Å²) in [4.78, 5) is 19.3. The number of hydrogen-bond acceptors (Lipinski definition) is 4. The summed E-state index contributed by atoms with van der Waals surface area (Å²) in [5.41, 5.74) is 0. The van der Waals surface area contributed by atoms with Gasteiger partial charge in [0.2, 0.25) is 0 Å². The van der Waals surface area contributed by atoms with E-state index in [1.165, 1.54) is 12.8 Å². The Kier molecular flexibility index (Phi) is 6.02. The molecule has 0 bridgehead atoms. The lowest BCUT2D eigenvalue weighted by atomic mass is 10.0. The van der Waals surface area contributed by atoms with Crippen LogP contribution in [-0.4, -0.2) is 73.6 Å². The summed E-state index contributed by atoms with van der Waals surface area (Å²) in [6.07, 6.45) is 4.45. The first kappa shape index (κ1) is 18.3. The zero-order valence-corrected chi connectivity index (χ0v) is 15.8. The average Bonchev–Trinajstić information content (AvgIpc) is 3.23. The first-order valence-electron chi connectivity index (χ1n) is 9.54. The maximum Gasteiger partial charge on any atom is 0.318 e. The van der Waals surface area contributed by atoms with Crippen LogP contribution in [0.25, 0.3) is 0 Å². The minimum atomic E-state index is 0.0414. The summed E-state index contributed by atoms with van der Waals surface area (Å²) in [7, 11) is 4.32. The monoisotopic (exact) mass is 348 g/mol. The third-order valence-electron chi connectivity index (χ3n) is 5.59. The molecule has 2 aliphatic heterocycles. The molecule has 140 valence electrons. The maximum absolute atomic E-state index is 12.6. The number of urea groups is 1. The van der Waals surface area contributed by atoms with Gasteiger partial charge >= 0.3 is 6.03 Å². The van der Waals surface area contributed by atoms with Gasteiger partial charge in [-0.2, -0.15) is 0 Å². The highest BCUT2D eigenvalue weighted by atomic mass is 16.3. The molecule has 2 amide bonds. The molecule has 3 rings (SSSR count). The Morgan fingerprint density at radius 3 is 2.64 bits per heavy atom. The molecule has 25 heavy (non-hydrogen) atoms. The lowest BCUT2D eigenvalue weighted by Gasteiger charge is -2.35. The molecule has 6 nitrogen and oxygen atoms in total. The van der Waals surface area contributed by atoms with Crippen LogP contribution >= 0.6 is 0 Å². The molecule has 0 aliphatic carbocycles. The number of nitrogens with one attached hydrogen (secondary N) is 1. The number of rotatable bonds is 5. The van der Waals surface area contributed by atoms with Gasteiger partial charge in [0.05, 0.1) is 6.04 Å². The van der Waals surface area contributed by atoms with Gasteiger partial charge in [-0.3, -0.25) is 0 Å². The van der Waals surface area contributed by atoms with Crippen LogP contribution in [0.3, 0.4) is 0 Å². The number of furan rings is 1. The van der Waals surface area contributed by atoms with Gasteiger partial charge in [-0.15, -0.1) is 0 Å². The van der Waals surface area contributed by atoms with Gasteiger partial charge in [-0.25, -0.2) is 4.79 Å². The van der Waals surface area contributed by atoms with Crippen LogP contribution in [0.2, 0.25) is 0 Å². The van der Waals surface area contributed by atoms with E-state index in [0.29, 0.717) is 12.6 Å². The van der Waals surface area contributed by atoms with E-state index in [1.807, 2.05) is 24.0 Å². The number of carbonyl (C=O) groups excluding carboxylic acids is 1. The molecule has 1 aromatic rings. The fourth-order valence-electron chi connectivity index (χ4n) is 4.02. The predicted molar refractivity (Wildman–Crippen MR) is 98.7 cm³/mol. The zero-order valence-electron chi connectivity index (χ0n) is 15.8. The number of aryl methyl sites for hydroxylation is 1. The summed E-state index contributed by atoms with van der Waals surface area (Å²) in [6, 6.07) is 4.80. The Morgan fingerprint density at radius 1 is 1.24 bits per heavy atom. The van der Waals surface area contributed by atoms with E-state index in [2.05, 4.69) is 29.2 Å². The molecular formula is C19H32N4O2. The van der Waals surface area contributed by atoms with Crippen molar-refractivity contribution < 1.29 is 9.21 Å². The fraction of sp³-hybridized carbons (Fsp3) is 0.737. The predicted octanol–water partition coefficient (Wildman–Crippen LogP) is 2.46. The van der Waals surface area contributed by atoms with Crippen LogP contribution in [0.5, 0.6) is 0 Å². The Bertz CT molecular complexity index is 564. The standard InChI is InChI=1S/C19H32N4O2/c1-15-6-7-18(25-15)17-5-4-11-23(17)19(24)20-10-14-22-12-8-16(9-13-22)21(2)3/h6-7,16-17H,4-5,8-14H2,1-3H3,(H,20,24). The second-order valence-corrected chi connectivity index (χ2v) is 7.57. The van der Waals surface area contributed by atoms with Crippen molar-refractivity contribution in [3.63, 3.8) is 0 Å². The molecule has 6 heteroatoms. The van der Waals surface area contributed by atoms with E-state index in [0.717, 1.165) is 50.5 Å². The SMILES string of the molecule is Cc1ccc(C2CCCN2C(=O)NCCN2CCC(N(C)C)CC2)o1. The van der Waals surface area contributed by atoms with Crippen molar-refractivity contribution in [1.82, 2.24) is 20.0 Å². The molecule has 0 aromatic carbocycles. The summed E-state index contributed by atoms with van der Waals surface area (Å²) in [5, 5.41) is 3.11. The van der Waals surface area contributed by atoms with E-state index >= 15 is 0 Å². The van der Waals surface area contributed by atoms with Gasteiger partial charge in [-0.05, 0) is 71.9 Å². The van der Waals surface area contributed by atoms with Crippen LogP contribution in [0.15, 0.2) is 16.5 Å². The number of amides is 2. The van der Waals surface area contributed by atoms with Crippen LogP contribution in [0, 0.1) is 6.92 Å². The van der Waals surface area contributed by atoms with E-state index < -0.39 is 0 Å². The van der Waals surface area contributed by atoms with E-state index in [-0.39, 0.29) is 12.1 Å². The molecule has 1 N–H and O–H groups in total. The summed E-state index contributed by atoms with van der Waals surface area (Å²) in [6.45, 7) is 6.65. The van der Waals surface area contributed by atoms with Crippen molar-refractivity contribution in [2.24, 2.45) is 0 Å². The topological polar surface area (TPSA) is 52.0 Å². The van der Waals surface area contributed by atoms with Gasteiger partial charge in [0, 0.05) is 25.7 Å². The van der Waals surface area contributed by atoms with E-state index in [4.69, 9.17) is 4.42 Å². The van der Waals surface area contributed by atoms with Crippen LogP contribution < -0.4 is 5.32 Å². The van der Waals surface area contributed by atoms with Crippen molar-refractivity contribution in [3.8, 4) is 0 Å². The first-order valence-corrected chi connectivity index (χ1v) is 9.54. The lowest BCUT2D eigenvalue weighted by Crippen LogP contribution is -2.46. The van der Waals surface area contributed by atoms with Gasteiger partial charge in [-0.1, -0.05) is 0 Å². The Balaban J connectivity index is 1.42.